The molecule has 0 aromatic carbocycles. The van der Waals surface area contributed by atoms with E-state index >= 15 is 0 Å². The van der Waals surface area contributed by atoms with Crippen LogP contribution < -0.4 is 25.2 Å². The maximum Gasteiger partial charge on any atom is 0.421 e. The van der Waals surface area contributed by atoms with E-state index in [9.17, 15) is 31.9 Å². The van der Waals surface area contributed by atoms with Crippen LogP contribution in [-0.2, 0) is 6.18 Å². The second kappa shape index (κ2) is 15.0. The van der Waals surface area contributed by atoms with Gasteiger partial charge in [-0.3, -0.25) is 4.90 Å². The number of carbonyl (C=O) groups excluding carboxylic acids is 1. The van der Waals surface area contributed by atoms with Crippen LogP contribution in [0.2, 0.25) is 0 Å². The fraction of sp³-hybridized carbons (Fsp3) is 0.533. The number of methoxy groups -OCH3 is 1. The summed E-state index contributed by atoms with van der Waals surface area (Å²) in [4.78, 5) is 36.9. The van der Waals surface area contributed by atoms with Crippen LogP contribution in [0.3, 0.4) is 0 Å². The van der Waals surface area contributed by atoms with Crippen molar-refractivity contribution >= 4 is 23.6 Å². The van der Waals surface area contributed by atoms with Crippen LogP contribution >= 0.6 is 0 Å². The number of alkyl halides is 5. The molecule has 1 aliphatic carbocycles. The van der Waals surface area contributed by atoms with Crippen LogP contribution in [0.25, 0.3) is 11.1 Å². The predicted octanol–water partition coefficient (Wildman–Crippen LogP) is 4.91. The molecule has 4 heterocycles. The van der Waals surface area contributed by atoms with Gasteiger partial charge in [-0.15, -0.1) is 0 Å². The Balaban J connectivity index is 1.29. The number of aliphatic hydroxyl groups is 1. The van der Waals surface area contributed by atoms with Crippen LogP contribution in [0, 0.1) is 0 Å². The van der Waals surface area contributed by atoms with Crippen LogP contribution in [0.4, 0.5) is 44.3 Å². The van der Waals surface area contributed by atoms with E-state index in [1.54, 1.807) is 29.4 Å². The van der Waals surface area contributed by atoms with E-state index < -0.39 is 36.8 Å². The summed E-state index contributed by atoms with van der Waals surface area (Å²) in [5, 5.41) is 15.4. The number of ether oxygens (including phenoxy) is 1. The molecule has 254 valence electrons. The number of urea groups is 1. The highest BCUT2D eigenvalue weighted by molar-refractivity contribution is 5.91. The van der Waals surface area contributed by atoms with Crippen molar-refractivity contribution in [1.29, 1.82) is 0 Å². The Morgan fingerprint density at radius 2 is 1.72 bits per heavy atom. The smallest absolute Gasteiger partial charge is 0.421 e. The van der Waals surface area contributed by atoms with E-state index in [1.807, 2.05) is 0 Å². The molecule has 0 bridgehead atoms. The number of pyridine rings is 1. The third-order valence-corrected chi connectivity index (χ3v) is 8.23. The van der Waals surface area contributed by atoms with Crippen LogP contribution in [0.5, 0.6) is 6.01 Å². The summed E-state index contributed by atoms with van der Waals surface area (Å²) in [7, 11) is 1.45. The van der Waals surface area contributed by atoms with Crippen molar-refractivity contribution < 1.29 is 36.6 Å². The van der Waals surface area contributed by atoms with Crippen LogP contribution in [-0.4, -0.2) is 87.4 Å². The molecule has 2 amide bonds. The Kier molecular flexibility index (Phi) is 10.8. The summed E-state index contributed by atoms with van der Waals surface area (Å²) in [6.07, 6.45) is 0.749. The molecule has 1 saturated heterocycles. The zero-order valence-corrected chi connectivity index (χ0v) is 25.6. The molecule has 1 aliphatic heterocycles. The molecular weight excluding hydrogens is 629 g/mol. The van der Waals surface area contributed by atoms with Gasteiger partial charge in [-0.2, -0.15) is 18.2 Å². The normalized spacial score (nSPS) is 20.4. The minimum Gasteiger partial charge on any atom is -0.467 e. The minimum absolute atomic E-state index is 0.0487. The second-order valence-corrected chi connectivity index (χ2v) is 11.5. The minimum atomic E-state index is -4.65. The molecule has 12 nitrogen and oxygen atoms in total. The molecule has 0 radical (unpaired) electrons. The van der Waals surface area contributed by atoms with Gasteiger partial charge in [-0.25, -0.2) is 33.5 Å². The molecule has 2 aliphatic rings. The topological polar surface area (TPSA) is 142 Å². The lowest BCUT2D eigenvalue weighted by Gasteiger charge is -2.36. The summed E-state index contributed by atoms with van der Waals surface area (Å²) in [5.41, 5.74) is 0.392. The van der Waals surface area contributed by atoms with Crippen LogP contribution in [0.1, 0.15) is 50.5 Å². The first-order valence-electron chi connectivity index (χ1n) is 15.3. The lowest BCUT2D eigenvalue weighted by atomic mass is 9.90. The van der Waals surface area contributed by atoms with Crippen molar-refractivity contribution in [3.05, 3.63) is 42.5 Å². The van der Waals surface area contributed by atoms with Crippen molar-refractivity contribution in [3.63, 3.8) is 0 Å². The van der Waals surface area contributed by atoms with Crippen molar-refractivity contribution in [2.75, 3.05) is 41.9 Å². The van der Waals surface area contributed by atoms with E-state index in [1.165, 1.54) is 18.2 Å². The molecule has 47 heavy (non-hydrogen) atoms. The number of nitrogens with one attached hydrogen (secondary N) is 2. The fourth-order valence-corrected chi connectivity index (χ4v) is 5.81. The molecule has 1 unspecified atom stereocenters. The second-order valence-electron chi connectivity index (χ2n) is 11.5. The molecule has 1 atom stereocenters. The number of hydrogen-bond acceptors (Lipinski definition) is 10. The van der Waals surface area contributed by atoms with E-state index in [4.69, 9.17) is 4.74 Å². The van der Waals surface area contributed by atoms with Gasteiger partial charge >= 0.3 is 18.2 Å². The van der Waals surface area contributed by atoms with Gasteiger partial charge in [0.1, 0.15) is 17.2 Å². The Labute approximate surface area is 267 Å². The lowest BCUT2D eigenvalue weighted by Crippen LogP contribution is -2.50. The molecule has 3 N–H and O–H groups in total. The van der Waals surface area contributed by atoms with Crippen molar-refractivity contribution in [2.45, 2.75) is 75.7 Å². The maximum atomic E-state index is 13.9. The van der Waals surface area contributed by atoms with E-state index in [0.29, 0.717) is 62.6 Å². The Morgan fingerprint density at radius 1 is 1.00 bits per heavy atom. The number of aliphatic hydroxyl groups excluding tert-OH is 1. The van der Waals surface area contributed by atoms with Gasteiger partial charge in [0.2, 0.25) is 5.95 Å². The zero-order chi connectivity index (χ0) is 33.6. The molecule has 3 aromatic heterocycles. The maximum absolute atomic E-state index is 13.9. The zero-order valence-electron chi connectivity index (χ0n) is 25.6. The number of nitrogens with zero attached hydrogens (tertiary/aromatic N) is 7. The van der Waals surface area contributed by atoms with E-state index in [2.05, 4.69) is 35.6 Å². The number of rotatable bonds is 9. The third kappa shape index (κ3) is 8.69. The number of amides is 2. The predicted molar refractivity (Wildman–Crippen MR) is 162 cm³/mol. The summed E-state index contributed by atoms with van der Waals surface area (Å²) in [6, 6.07) is 2.23. The highest BCUT2D eigenvalue weighted by Crippen LogP contribution is 2.37. The first-order chi connectivity index (χ1) is 22.5. The average molecular weight is 666 g/mol. The SMILES string of the molecule is COc1ncc(-c2ccc(N(C(=O)NCC(F)F)[C@H]3CC[C@H](Nc4ncc(C(F)(F)F)c(N5CCCC(O)CC5)n4)CC3)nc2)cn1. The van der Waals surface area contributed by atoms with Gasteiger partial charge in [0.05, 0.1) is 19.8 Å². The number of aromatic nitrogens is 5. The first kappa shape index (κ1) is 33.9. The molecule has 17 heteroatoms. The molecular formula is C30H36F5N9O3. The van der Waals surface area contributed by atoms with Gasteiger partial charge in [-0.05, 0) is 57.1 Å². The highest BCUT2D eigenvalue weighted by Gasteiger charge is 2.38. The van der Waals surface area contributed by atoms with Gasteiger partial charge in [0.25, 0.3) is 6.43 Å². The summed E-state index contributed by atoms with van der Waals surface area (Å²) < 4.78 is 72.5. The van der Waals surface area contributed by atoms with Gasteiger partial charge in [-0.1, -0.05) is 0 Å². The van der Waals surface area contributed by atoms with Gasteiger partial charge < -0.3 is 25.4 Å². The van der Waals surface area contributed by atoms with E-state index in [0.717, 1.165) is 6.20 Å². The highest BCUT2D eigenvalue weighted by atomic mass is 19.4. The molecule has 2 fully saturated rings. The molecule has 3 aromatic rings. The number of carbonyl (C=O) groups is 1. The molecule has 1 saturated carbocycles. The van der Waals surface area contributed by atoms with Crippen LogP contribution in [0.15, 0.2) is 36.9 Å². The third-order valence-electron chi connectivity index (χ3n) is 8.23. The summed E-state index contributed by atoms with van der Waals surface area (Å²) in [5.74, 6) is 0.0903. The monoisotopic (exact) mass is 665 g/mol. The Hall–Kier alpha value is -4.41. The summed E-state index contributed by atoms with van der Waals surface area (Å²) >= 11 is 0. The number of halogens is 5. The number of hydrogen-bond donors (Lipinski definition) is 3. The van der Waals surface area contributed by atoms with Crippen molar-refractivity contribution in [3.8, 4) is 17.1 Å². The first-order valence-corrected chi connectivity index (χ1v) is 15.3. The van der Waals surface area contributed by atoms with Crippen molar-refractivity contribution in [2.24, 2.45) is 0 Å². The largest absolute Gasteiger partial charge is 0.467 e. The lowest BCUT2D eigenvalue weighted by molar-refractivity contribution is -0.137. The summed E-state index contributed by atoms with van der Waals surface area (Å²) in [6.45, 7) is -0.261. The number of anilines is 3. The fourth-order valence-electron chi connectivity index (χ4n) is 5.81. The Bertz CT molecular complexity index is 1470. The van der Waals surface area contributed by atoms with E-state index in [-0.39, 0.29) is 42.2 Å². The van der Waals surface area contributed by atoms with Gasteiger partial charge in [0, 0.05) is 61.1 Å². The molecule has 5 rings (SSSR count). The molecule has 0 spiro atoms. The van der Waals surface area contributed by atoms with Gasteiger partial charge in [0.15, 0.2) is 0 Å². The van der Waals surface area contributed by atoms with Crippen molar-refractivity contribution in [1.82, 2.24) is 30.2 Å². The standard InChI is InChI=1S/C30H36F5N9O3/c1-47-28-38-14-19(15-39-28)18-4-9-25(36-13-18)44(29(46)40-17-24(31)32)21-7-5-20(6-8-21)41-27-37-16-23(30(33,34)35)26(42-27)43-11-2-3-22(45)10-12-43/h4,9,13-16,20-22,24,45H,2-3,5-8,10-12,17H2,1H3,(H,40,46)(H,37,41,42)/t20-,21-,22?. The Morgan fingerprint density at radius 3 is 2.36 bits per heavy atom. The average Bonchev–Trinajstić information content (AvgIpc) is 3.28. The quantitative estimate of drug-likeness (QED) is 0.270.